The van der Waals surface area contributed by atoms with Crippen molar-refractivity contribution in [2.75, 3.05) is 0 Å². The molecule has 0 saturated carbocycles. The fourth-order valence-electron chi connectivity index (χ4n) is 2.41. The molecule has 0 unspecified atom stereocenters. The summed E-state index contributed by atoms with van der Waals surface area (Å²) in [7, 11) is 0. The molecule has 136 valence electrons. The first-order chi connectivity index (χ1) is 12.3. The van der Waals surface area contributed by atoms with Crippen LogP contribution in [0.5, 0.6) is 0 Å². The minimum absolute atomic E-state index is 0.180. The van der Waals surface area contributed by atoms with E-state index in [1.807, 2.05) is 0 Å². The van der Waals surface area contributed by atoms with E-state index in [0.29, 0.717) is 12.1 Å². The van der Waals surface area contributed by atoms with Gasteiger partial charge in [-0.25, -0.2) is 0 Å². The molecular weight excluding hydrogens is 343 g/mol. The predicted octanol–water partition coefficient (Wildman–Crippen LogP) is 4.74. The van der Waals surface area contributed by atoms with E-state index in [1.54, 1.807) is 24.3 Å². The Morgan fingerprint density at radius 3 is 2.00 bits per heavy atom. The van der Waals surface area contributed by atoms with Gasteiger partial charge in [0.1, 0.15) is 12.1 Å². The zero-order chi connectivity index (χ0) is 19.2. The van der Waals surface area contributed by atoms with E-state index >= 15 is 0 Å². The lowest BCUT2D eigenvalue weighted by atomic mass is 10.0. The maximum absolute atomic E-state index is 12.6. The number of rotatable bonds is 7. The molecule has 0 aliphatic heterocycles. The van der Waals surface area contributed by atoms with E-state index in [0.717, 1.165) is 35.9 Å². The average Bonchev–Trinajstić information content (AvgIpc) is 2.64. The summed E-state index contributed by atoms with van der Waals surface area (Å²) in [4.78, 5) is 11.8. The second kappa shape index (κ2) is 8.42. The summed E-state index contributed by atoms with van der Waals surface area (Å²) in [5, 5.41) is 15.3. The van der Waals surface area contributed by atoms with Gasteiger partial charge in [0.2, 0.25) is 0 Å². The van der Waals surface area contributed by atoms with E-state index in [1.165, 1.54) is 17.0 Å². The molecule has 0 atom stereocenters. The van der Waals surface area contributed by atoms with Crippen LogP contribution < -0.4 is 0 Å². The molecule has 0 spiro atoms. The largest absolute Gasteiger partial charge is 0.416 e. The Kier molecular flexibility index (Phi) is 6.27. The van der Waals surface area contributed by atoms with E-state index in [9.17, 15) is 18.0 Å². The van der Waals surface area contributed by atoms with Crippen LogP contribution in [0.3, 0.4) is 0 Å². The molecule has 0 heterocycles. The fourth-order valence-corrected chi connectivity index (χ4v) is 2.41. The average molecular weight is 361 g/mol. The van der Waals surface area contributed by atoms with Crippen LogP contribution in [0.2, 0.25) is 0 Å². The highest BCUT2D eigenvalue weighted by Crippen LogP contribution is 2.31. The van der Waals surface area contributed by atoms with Crippen LogP contribution >= 0.6 is 0 Å². The lowest BCUT2D eigenvalue weighted by Gasteiger charge is -2.19. The highest BCUT2D eigenvalue weighted by Gasteiger charge is 2.29. The molecule has 26 heavy (non-hydrogen) atoms. The topological polar surface area (TPSA) is 68.0 Å². The molecule has 4 nitrogen and oxygen atoms in total. The molecule has 7 heteroatoms. The van der Waals surface area contributed by atoms with Crippen LogP contribution in [0.1, 0.15) is 24.0 Å². The van der Waals surface area contributed by atoms with Gasteiger partial charge in [-0.3, -0.25) is 10.8 Å². The van der Waals surface area contributed by atoms with Gasteiger partial charge in [-0.2, -0.15) is 13.2 Å². The van der Waals surface area contributed by atoms with Crippen LogP contribution in [-0.4, -0.2) is 23.4 Å². The van der Waals surface area contributed by atoms with Crippen molar-refractivity contribution in [1.29, 1.82) is 10.8 Å². The smallest absolute Gasteiger partial charge is 0.317 e. The molecule has 2 aromatic carbocycles. The van der Waals surface area contributed by atoms with Crippen LogP contribution in [0.15, 0.2) is 48.5 Å². The van der Waals surface area contributed by atoms with Crippen molar-refractivity contribution in [3.8, 4) is 11.1 Å². The molecule has 0 amide bonds. The molecule has 2 N–H and O–H groups in total. The molecule has 0 aliphatic rings. The number of hydrogen-bond acceptors (Lipinski definition) is 3. The van der Waals surface area contributed by atoms with Gasteiger partial charge in [0.25, 0.3) is 0 Å². The molecule has 0 fully saturated rings. The summed E-state index contributed by atoms with van der Waals surface area (Å²) in [6.07, 6.45) is -2.09. The van der Waals surface area contributed by atoms with Crippen LogP contribution in [0, 0.1) is 10.8 Å². The summed E-state index contributed by atoms with van der Waals surface area (Å²) in [5.74, 6) is 0.180. The number of aldehydes is 1. The third kappa shape index (κ3) is 5.02. The molecular formula is C19H18F3N3O. The molecule has 0 aromatic heterocycles. The van der Waals surface area contributed by atoms with E-state index in [2.05, 4.69) is 0 Å². The maximum atomic E-state index is 12.6. The van der Waals surface area contributed by atoms with Crippen molar-refractivity contribution in [3.63, 3.8) is 0 Å². The molecule has 2 rings (SSSR count). The lowest BCUT2D eigenvalue weighted by Crippen LogP contribution is -2.28. The SMILES string of the molecule is N=CN(Cc1ccc(-c2ccc(C(F)(F)F)cc2)cc1)C(=N)CCC=O. The molecule has 0 bridgehead atoms. The van der Waals surface area contributed by atoms with Gasteiger partial charge >= 0.3 is 6.18 Å². The van der Waals surface area contributed by atoms with Crippen LogP contribution in [0.4, 0.5) is 13.2 Å². The Bertz CT molecular complexity index is 768. The molecule has 0 aliphatic carbocycles. The first-order valence-electron chi connectivity index (χ1n) is 7.90. The van der Waals surface area contributed by atoms with Crippen molar-refractivity contribution < 1.29 is 18.0 Å². The summed E-state index contributed by atoms with van der Waals surface area (Å²) < 4.78 is 37.8. The van der Waals surface area contributed by atoms with Crippen molar-refractivity contribution >= 4 is 18.5 Å². The first-order valence-corrected chi connectivity index (χ1v) is 7.90. The van der Waals surface area contributed by atoms with Gasteiger partial charge in [0, 0.05) is 12.8 Å². The van der Waals surface area contributed by atoms with Gasteiger partial charge in [0.15, 0.2) is 0 Å². The molecule has 0 radical (unpaired) electrons. The number of amidine groups is 1. The minimum atomic E-state index is -4.35. The lowest BCUT2D eigenvalue weighted by molar-refractivity contribution is -0.137. The number of nitrogens with zero attached hydrogens (tertiary/aromatic N) is 1. The number of nitrogens with one attached hydrogen (secondary N) is 2. The summed E-state index contributed by atoms with van der Waals surface area (Å²) >= 11 is 0. The Morgan fingerprint density at radius 2 is 1.54 bits per heavy atom. The third-order valence-corrected chi connectivity index (χ3v) is 3.85. The Labute approximate surface area is 149 Å². The Balaban J connectivity index is 2.09. The number of benzene rings is 2. The fraction of sp³-hybridized carbons (Fsp3) is 0.211. The van der Waals surface area contributed by atoms with Crippen molar-refractivity contribution in [2.45, 2.75) is 25.6 Å². The van der Waals surface area contributed by atoms with Gasteiger partial charge in [-0.15, -0.1) is 0 Å². The van der Waals surface area contributed by atoms with Gasteiger partial charge in [0.05, 0.1) is 18.4 Å². The second-order valence-corrected chi connectivity index (χ2v) is 5.68. The van der Waals surface area contributed by atoms with Crippen LogP contribution in [0.25, 0.3) is 11.1 Å². The van der Waals surface area contributed by atoms with E-state index in [-0.39, 0.29) is 18.7 Å². The van der Waals surface area contributed by atoms with Crippen molar-refractivity contribution in [3.05, 3.63) is 59.7 Å². The predicted molar refractivity (Wildman–Crippen MR) is 94.2 cm³/mol. The zero-order valence-corrected chi connectivity index (χ0v) is 13.9. The highest BCUT2D eigenvalue weighted by molar-refractivity contribution is 5.89. The van der Waals surface area contributed by atoms with Crippen LogP contribution in [-0.2, 0) is 17.5 Å². The van der Waals surface area contributed by atoms with E-state index < -0.39 is 11.7 Å². The highest BCUT2D eigenvalue weighted by atomic mass is 19.4. The molecule has 2 aromatic rings. The third-order valence-electron chi connectivity index (χ3n) is 3.85. The second-order valence-electron chi connectivity index (χ2n) is 5.68. The number of carbonyl (C=O) groups excluding carboxylic acids is 1. The first kappa shape index (κ1) is 19.4. The van der Waals surface area contributed by atoms with Gasteiger partial charge in [-0.05, 0) is 28.8 Å². The van der Waals surface area contributed by atoms with Crippen molar-refractivity contribution in [1.82, 2.24) is 4.90 Å². The van der Waals surface area contributed by atoms with Crippen molar-refractivity contribution in [2.24, 2.45) is 0 Å². The zero-order valence-electron chi connectivity index (χ0n) is 13.9. The Morgan fingerprint density at radius 1 is 1.00 bits per heavy atom. The standard InChI is InChI=1S/C19H18F3N3O/c20-19(21,22)17-9-7-16(8-10-17)15-5-3-14(4-6-15)12-25(13-23)18(24)2-1-11-26/h3-11,13,23-24H,1-2,12H2. The number of halogens is 3. The van der Waals surface area contributed by atoms with E-state index in [4.69, 9.17) is 10.8 Å². The molecule has 0 saturated heterocycles. The van der Waals surface area contributed by atoms with Gasteiger partial charge < -0.3 is 9.69 Å². The summed E-state index contributed by atoms with van der Waals surface area (Å²) in [6.45, 7) is 0.314. The quantitative estimate of drug-likeness (QED) is 0.425. The minimum Gasteiger partial charge on any atom is -0.317 e. The normalized spacial score (nSPS) is 11.0. The van der Waals surface area contributed by atoms with Gasteiger partial charge in [-0.1, -0.05) is 36.4 Å². The number of hydrogen-bond donors (Lipinski definition) is 2. The summed E-state index contributed by atoms with van der Waals surface area (Å²) in [5.41, 5.74) is 1.61. The summed E-state index contributed by atoms with van der Waals surface area (Å²) in [6, 6.07) is 12.1. The monoisotopic (exact) mass is 361 g/mol. The number of carbonyl (C=O) groups is 1. The maximum Gasteiger partial charge on any atom is 0.416 e. The number of alkyl halides is 3. The Hall–Kier alpha value is -2.96.